The van der Waals surface area contributed by atoms with Crippen molar-refractivity contribution in [3.63, 3.8) is 0 Å². The molecule has 1 N–H and O–H groups in total. The van der Waals surface area contributed by atoms with Crippen LogP contribution in [0.25, 0.3) is 0 Å². The van der Waals surface area contributed by atoms with Crippen molar-refractivity contribution < 1.29 is 23.9 Å². The van der Waals surface area contributed by atoms with Crippen molar-refractivity contribution in [2.45, 2.75) is 33.1 Å². The lowest BCUT2D eigenvalue weighted by Gasteiger charge is -2.28. The zero-order valence-electron chi connectivity index (χ0n) is 11.2. The van der Waals surface area contributed by atoms with Gasteiger partial charge >= 0.3 is 11.9 Å². The van der Waals surface area contributed by atoms with E-state index in [0.717, 1.165) is 0 Å². The van der Waals surface area contributed by atoms with Crippen molar-refractivity contribution in [1.82, 2.24) is 0 Å². The Morgan fingerprint density at radius 3 is 2.35 bits per heavy atom. The average Bonchev–Trinajstić information content (AvgIpc) is 2.13. The van der Waals surface area contributed by atoms with Crippen LogP contribution in [0, 0.1) is 5.92 Å². The molecular weight excluding hydrogens is 222 g/mol. The third kappa shape index (κ3) is 9.81. The van der Waals surface area contributed by atoms with Gasteiger partial charge in [0.1, 0.15) is 0 Å². The lowest BCUT2D eigenvalue weighted by molar-refractivity contribution is -0.907. The van der Waals surface area contributed by atoms with Crippen molar-refractivity contribution >= 4 is 11.9 Å². The number of aliphatic carboxylic acids is 1. The van der Waals surface area contributed by atoms with E-state index in [-0.39, 0.29) is 12.4 Å². The van der Waals surface area contributed by atoms with E-state index in [1.807, 2.05) is 27.9 Å². The highest BCUT2D eigenvalue weighted by atomic mass is 16.5. The summed E-state index contributed by atoms with van der Waals surface area (Å²) in [6, 6.07) is 0. The Kier molecular flexibility index (Phi) is 6.80. The monoisotopic (exact) mass is 246 g/mol. The molecule has 0 saturated carbocycles. The molecular formula is C12H24NO4+. The summed E-state index contributed by atoms with van der Waals surface area (Å²) in [6.07, 6.45) is 1.17. The van der Waals surface area contributed by atoms with Crippen LogP contribution >= 0.6 is 0 Å². The van der Waals surface area contributed by atoms with Gasteiger partial charge in [0.05, 0.1) is 27.1 Å². The number of carbonyl (C=O) groups excluding carboxylic acids is 1. The second kappa shape index (κ2) is 7.27. The third-order valence-corrected chi connectivity index (χ3v) is 2.30. The standard InChI is InChI=1S/C12H23NO4/c1-10(2)8-12(16)17-9-13(3,4)7-5-6-11(14)15/h10H,5-9H2,1-4H3/p+1. The van der Waals surface area contributed by atoms with E-state index in [9.17, 15) is 9.59 Å². The fourth-order valence-electron chi connectivity index (χ4n) is 1.36. The summed E-state index contributed by atoms with van der Waals surface area (Å²) in [5.41, 5.74) is 0. The maximum absolute atomic E-state index is 11.4. The molecule has 0 aliphatic heterocycles. The molecule has 5 heteroatoms. The maximum Gasteiger partial charge on any atom is 0.310 e. The Morgan fingerprint density at radius 1 is 1.29 bits per heavy atom. The Hall–Kier alpha value is -1.10. The molecule has 0 fully saturated rings. The predicted molar refractivity (Wildman–Crippen MR) is 64.3 cm³/mol. The molecule has 0 radical (unpaired) electrons. The first kappa shape index (κ1) is 15.9. The van der Waals surface area contributed by atoms with Gasteiger partial charge in [-0.15, -0.1) is 0 Å². The van der Waals surface area contributed by atoms with Crippen LogP contribution in [0.2, 0.25) is 0 Å². The minimum atomic E-state index is -0.790. The molecule has 0 aliphatic rings. The van der Waals surface area contributed by atoms with Gasteiger partial charge in [-0.2, -0.15) is 0 Å². The summed E-state index contributed by atoms with van der Waals surface area (Å²) >= 11 is 0. The minimum absolute atomic E-state index is 0.154. The lowest BCUT2D eigenvalue weighted by Crippen LogP contribution is -2.43. The molecule has 0 spiro atoms. The smallest absolute Gasteiger partial charge is 0.310 e. The van der Waals surface area contributed by atoms with Gasteiger partial charge < -0.3 is 9.84 Å². The Morgan fingerprint density at radius 2 is 1.88 bits per heavy atom. The van der Waals surface area contributed by atoms with Crippen molar-refractivity contribution in [3.8, 4) is 0 Å². The summed E-state index contributed by atoms with van der Waals surface area (Å²) in [5.74, 6) is -0.684. The molecule has 5 nitrogen and oxygen atoms in total. The van der Waals surface area contributed by atoms with Gasteiger partial charge in [0.2, 0.25) is 6.73 Å². The molecule has 0 bridgehead atoms. The van der Waals surface area contributed by atoms with Gasteiger partial charge in [-0.05, 0) is 5.92 Å². The number of carboxylic acids is 1. The lowest BCUT2D eigenvalue weighted by atomic mass is 10.1. The van der Waals surface area contributed by atoms with Gasteiger partial charge in [0.25, 0.3) is 0 Å². The van der Waals surface area contributed by atoms with Crippen LogP contribution in [0.1, 0.15) is 33.1 Å². The Labute approximate surface area is 103 Å². The molecule has 0 rings (SSSR count). The first-order chi connectivity index (χ1) is 7.73. The number of quaternary nitrogens is 1. The van der Waals surface area contributed by atoms with Crippen molar-refractivity contribution in [1.29, 1.82) is 0 Å². The molecule has 0 aromatic heterocycles. The van der Waals surface area contributed by atoms with E-state index < -0.39 is 5.97 Å². The van der Waals surface area contributed by atoms with Crippen LogP contribution in [0.15, 0.2) is 0 Å². The summed E-state index contributed by atoms with van der Waals surface area (Å²) < 4.78 is 5.66. The second-order valence-corrected chi connectivity index (χ2v) is 5.40. The van der Waals surface area contributed by atoms with Crippen LogP contribution in [0.5, 0.6) is 0 Å². The summed E-state index contributed by atoms with van der Waals surface area (Å²) in [6.45, 7) is 4.91. The van der Waals surface area contributed by atoms with Crippen LogP contribution in [-0.2, 0) is 14.3 Å². The third-order valence-electron chi connectivity index (χ3n) is 2.30. The number of hydrogen-bond donors (Lipinski definition) is 1. The summed E-state index contributed by atoms with van der Waals surface area (Å²) in [4.78, 5) is 21.7. The Bertz CT molecular complexity index is 261. The normalized spacial score (nSPS) is 11.6. The number of carbonyl (C=O) groups is 2. The van der Waals surface area contributed by atoms with Crippen molar-refractivity contribution in [3.05, 3.63) is 0 Å². The van der Waals surface area contributed by atoms with Crippen molar-refractivity contribution in [2.75, 3.05) is 27.4 Å². The van der Waals surface area contributed by atoms with Crippen LogP contribution < -0.4 is 0 Å². The molecule has 0 aliphatic carbocycles. The number of ether oxygens (including phenoxy) is 1. The molecule has 0 atom stereocenters. The zero-order valence-corrected chi connectivity index (χ0v) is 11.2. The largest absolute Gasteiger partial charge is 0.481 e. The maximum atomic E-state index is 11.4. The molecule has 0 saturated heterocycles. The van der Waals surface area contributed by atoms with E-state index in [1.165, 1.54) is 0 Å². The van der Waals surface area contributed by atoms with Gasteiger partial charge in [0.15, 0.2) is 0 Å². The second-order valence-electron chi connectivity index (χ2n) is 5.40. The molecule has 0 unspecified atom stereocenters. The highest BCUT2D eigenvalue weighted by Crippen LogP contribution is 2.05. The van der Waals surface area contributed by atoms with Crippen molar-refractivity contribution in [2.24, 2.45) is 5.92 Å². The van der Waals surface area contributed by atoms with E-state index in [1.54, 1.807) is 0 Å². The number of esters is 1. The van der Waals surface area contributed by atoms with Gasteiger partial charge in [-0.25, -0.2) is 0 Å². The Balaban J connectivity index is 3.84. The zero-order chi connectivity index (χ0) is 13.5. The van der Waals surface area contributed by atoms with E-state index in [0.29, 0.717) is 36.5 Å². The van der Waals surface area contributed by atoms with Gasteiger partial charge in [-0.1, -0.05) is 13.8 Å². The van der Waals surface area contributed by atoms with Crippen LogP contribution in [0.4, 0.5) is 0 Å². The van der Waals surface area contributed by atoms with E-state index >= 15 is 0 Å². The van der Waals surface area contributed by atoms with Gasteiger partial charge in [-0.3, -0.25) is 14.1 Å². The molecule has 100 valence electrons. The molecule has 0 heterocycles. The molecule has 0 amide bonds. The number of nitrogens with zero attached hydrogens (tertiary/aromatic N) is 1. The highest BCUT2D eigenvalue weighted by molar-refractivity contribution is 5.69. The fourth-order valence-corrected chi connectivity index (χ4v) is 1.36. The van der Waals surface area contributed by atoms with Gasteiger partial charge in [0, 0.05) is 12.8 Å². The van der Waals surface area contributed by atoms with E-state index in [2.05, 4.69) is 0 Å². The number of hydrogen-bond acceptors (Lipinski definition) is 3. The average molecular weight is 246 g/mol. The molecule has 0 aromatic carbocycles. The first-order valence-electron chi connectivity index (χ1n) is 5.92. The van der Waals surface area contributed by atoms with Crippen LogP contribution in [0.3, 0.4) is 0 Å². The molecule has 0 aromatic rings. The quantitative estimate of drug-likeness (QED) is 0.400. The number of carboxylic acid groups (broad SMARTS) is 1. The SMILES string of the molecule is CC(C)CC(=O)OC[N+](C)(C)CCCC(=O)O. The molecule has 17 heavy (non-hydrogen) atoms. The summed E-state index contributed by atoms with van der Waals surface area (Å²) in [5, 5.41) is 8.54. The fraction of sp³-hybridized carbons (Fsp3) is 0.833. The number of rotatable bonds is 8. The summed E-state index contributed by atoms with van der Waals surface area (Å²) in [7, 11) is 3.84. The predicted octanol–water partition coefficient (Wildman–Crippen LogP) is 1.47. The highest BCUT2D eigenvalue weighted by Gasteiger charge is 2.18. The van der Waals surface area contributed by atoms with E-state index in [4.69, 9.17) is 9.84 Å². The minimum Gasteiger partial charge on any atom is -0.481 e. The van der Waals surface area contributed by atoms with Crippen LogP contribution in [-0.4, -0.2) is 48.9 Å². The first-order valence-corrected chi connectivity index (χ1v) is 5.92. The topological polar surface area (TPSA) is 63.6 Å².